The van der Waals surface area contributed by atoms with Crippen molar-refractivity contribution in [2.24, 2.45) is 0 Å². The molecule has 0 fully saturated rings. The first-order chi connectivity index (χ1) is 7.43. The third-order valence-corrected chi connectivity index (χ3v) is 3.00. The zero-order valence-corrected chi connectivity index (χ0v) is 11.8. The van der Waals surface area contributed by atoms with Gasteiger partial charge in [0.2, 0.25) is 0 Å². The molecule has 0 aliphatic rings. The van der Waals surface area contributed by atoms with Gasteiger partial charge >= 0.3 is 0 Å². The molecule has 16 heavy (non-hydrogen) atoms. The summed E-state index contributed by atoms with van der Waals surface area (Å²) >= 11 is 3.45. The lowest BCUT2D eigenvalue weighted by atomic mass is 10.0. The summed E-state index contributed by atoms with van der Waals surface area (Å²) in [6.45, 7) is 6.77. The second-order valence-corrected chi connectivity index (χ2v) is 5.78. The predicted molar refractivity (Wildman–Crippen MR) is 71.3 cm³/mol. The van der Waals surface area contributed by atoms with E-state index in [0.717, 1.165) is 16.7 Å². The molecule has 1 unspecified atom stereocenters. The fraction of sp³-hybridized carbons (Fsp3) is 0.462. The molecule has 88 valence electrons. The van der Waals surface area contributed by atoms with Crippen molar-refractivity contribution in [2.45, 2.75) is 25.6 Å². The van der Waals surface area contributed by atoms with Crippen LogP contribution in [-0.2, 0) is 0 Å². The van der Waals surface area contributed by atoms with Crippen molar-refractivity contribution >= 4 is 21.8 Å². The first kappa shape index (κ1) is 13.2. The van der Waals surface area contributed by atoms with Crippen LogP contribution in [0.5, 0.6) is 0 Å². The van der Waals surface area contributed by atoms with Crippen LogP contribution in [0.1, 0.15) is 28.4 Å². The second kappa shape index (κ2) is 5.48. The van der Waals surface area contributed by atoms with Crippen LogP contribution >= 0.6 is 15.9 Å². The first-order valence-corrected chi connectivity index (χ1v) is 6.30. The van der Waals surface area contributed by atoms with Crippen LogP contribution in [0.25, 0.3) is 0 Å². The molecule has 2 nitrogen and oxygen atoms in total. The monoisotopic (exact) mass is 283 g/mol. The van der Waals surface area contributed by atoms with Gasteiger partial charge in [0.15, 0.2) is 0 Å². The van der Waals surface area contributed by atoms with Crippen molar-refractivity contribution in [2.75, 3.05) is 13.6 Å². The maximum Gasteiger partial charge on any atom is 0.253 e. The molecule has 1 aromatic carbocycles. The molecule has 0 radical (unpaired) electrons. The Kier molecular flexibility index (Phi) is 4.54. The van der Waals surface area contributed by atoms with Crippen LogP contribution in [0.3, 0.4) is 0 Å². The molecule has 0 heterocycles. The highest BCUT2D eigenvalue weighted by atomic mass is 79.9. The van der Waals surface area contributed by atoms with E-state index in [2.05, 4.69) is 15.9 Å². The van der Waals surface area contributed by atoms with Gasteiger partial charge < -0.3 is 4.90 Å². The number of alkyl halides is 1. The third kappa shape index (κ3) is 3.08. The summed E-state index contributed by atoms with van der Waals surface area (Å²) in [7, 11) is 1.84. The number of halogens is 1. The highest BCUT2D eigenvalue weighted by Crippen LogP contribution is 2.15. The summed E-state index contributed by atoms with van der Waals surface area (Å²) in [6, 6.07) is 5.85. The zero-order chi connectivity index (χ0) is 12.3. The summed E-state index contributed by atoms with van der Waals surface area (Å²) in [5, 5.41) is 0. The Labute approximate surface area is 106 Å². The van der Waals surface area contributed by atoms with E-state index in [1.54, 1.807) is 4.90 Å². The van der Waals surface area contributed by atoms with Gasteiger partial charge in [-0.1, -0.05) is 35.0 Å². The minimum Gasteiger partial charge on any atom is -0.341 e. The van der Waals surface area contributed by atoms with E-state index in [0.29, 0.717) is 11.4 Å². The lowest BCUT2D eigenvalue weighted by Crippen LogP contribution is -2.31. The van der Waals surface area contributed by atoms with Crippen molar-refractivity contribution in [1.29, 1.82) is 0 Å². The summed E-state index contributed by atoms with van der Waals surface area (Å²) in [6.07, 6.45) is 0. The van der Waals surface area contributed by atoms with Crippen molar-refractivity contribution in [3.05, 3.63) is 34.9 Å². The molecule has 0 aromatic heterocycles. The average Bonchev–Trinajstić information content (AvgIpc) is 2.20. The quantitative estimate of drug-likeness (QED) is 0.781. The standard InChI is InChI=1S/C13H18BrNO/c1-9-6-5-7-12(11(9)3)13(16)15(4)8-10(2)14/h5-7,10H,8H2,1-4H3. The van der Waals surface area contributed by atoms with E-state index < -0.39 is 0 Å². The zero-order valence-electron chi connectivity index (χ0n) is 10.2. The molecular weight excluding hydrogens is 266 g/mol. The van der Waals surface area contributed by atoms with Gasteiger partial charge in [0.25, 0.3) is 5.91 Å². The van der Waals surface area contributed by atoms with Gasteiger partial charge in [0, 0.05) is 24.0 Å². The van der Waals surface area contributed by atoms with Crippen LogP contribution < -0.4 is 0 Å². The maximum atomic E-state index is 12.2. The fourth-order valence-corrected chi connectivity index (χ4v) is 2.08. The smallest absolute Gasteiger partial charge is 0.253 e. The molecule has 0 bridgehead atoms. The Bertz CT molecular complexity index is 388. The SMILES string of the molecule is Cc1cccc(C(=O)N(C)CC(C)Br)c1C. The molecule has 0 aliphatic heterocycles. The largest absolute Gasteiger partial charge is 0.341 e. The summed E-state index contributed by atoms with van der Waals surface area (Å²) < 4.78 is 0. The molecule has 1 atom stereocenters. The Morgan fingerprint density at radius 3 is 2.62 bits per heavy atom. The summed E-state index contributed by atoms with van der Waals surface area (Å²) in [5.41, 5.74) is 3.03. The minimum absolute atomic E-state index is 0.0903. The first-order valence-electron chi connectivity index (χ1n) is 5.39. The van der Waals surface area contributed by atoms with Gasteiger partial charge in [-0.2, -0.15) is 0 Å². The van der Waals surface area contributed by atoms with Crippen molar-refractivity contribution in [3.63, 3.8) is 0 Å². The molecule has 0 spiro atoms. The topological polar surface area (TPSA) is 20.3 Å². The second-order valence-electron chi connectivity index (χ2n) is 4.21. The molecule has 1 rings (SSSR count). The Balaban J connectivity index is 2.92. The minimum atomic E-state index is 0.0903. The number of hydrogen-bond donors (Lipinski definition) is 0. The maximum absolute atomic E-state index is 12.2. The van der Waals surface area contributed by atoms with Crippen LogP contribution in [0.4, 0.5) is 0 Å². The van der Waals surface area contributed by atoms with Crippen LogP contribution in [0, 0.1) is 13.8 Å². The molecule has 3 heteroatoms. The number of benzene rings is 1. The predicted octanol–water partition coefficient (Wildman–Crippen LogP) is 3.16. The number of carbonyl (C=O) groups excluding carboxylic acids is 1. The van der Waals surface area contributed by atoms with E-state index in [1.165, 1.54) is 0 Å². The van der Waals surface area contributed by atoms with E-state index in [1.807, 2.05) is 46.0 Å². The van der Waals surface area contributed by atoms with Crippen molar-refractivity contribution in [1.82, 2.24) is 4.90 Å². The number of rotatable bonds is 3. The summed E-state index contributed by atoms with van der Waals surface area (Å²) in [4.78, 5) is 14.2. The highest BCUT2D eigenvalue weighted by molar-refractivity contribution is 9.09. The van der Waals surface area contributed by atoms with Crippen LogP contribution in [0.2, 0.25) is 0 Å². The van der Waals surface area contributed by atoms with Gasteiger partial charge in [-0.05, 0) is 31.0 Å². The van der Waals surface area contributed by atoms with Gasteiger partial charge in [0.05, 0.1) is 0 Å². The van der Waals surface area contributed by atoms with Crippen LogP contribution in [-0.4, -0.2) is 29.2 Å². The molecule has 0 saturated carbocycles. The van der Waals surface area contributed by atoms with Gasteiger partial charge in [0.1, 0.15) is 0 Å². The molecule has 1 aromatic rings. The van der Waals surface area contributed by atoms with Gasteiger partial charge in [-0.3, -0.25) is 4.79 Å². The lowest BCUT2D eigenvalue weighted by molar-refractivity contribution is 0.0796. The highest BCUT2D eigenvalue weighted by Gasteiger charge is 2.15. The van der Waals surface area contributed by atoms with E-state index >= 15 is 0 Å². The Morgan fingerprint density at radius 2 is 2.06 bits per heavy atom. The normalized spacial score (nSPS) is 12.3. The van der Waals surface area contributed by atoms with Gasteiger partial charge in [-0.25, -0.2) is 0 Å². The molecule has 0 saturated heterocycles. The van der Waals surface area contributed by atoms with E-state index in [-0.39, 0.29) is 5.91 Å². The van der Waals surface area contributed by atoms with Crippen molar-refractivity contribution in [3.8, 4) is 0 Å². The lowest BCUT2D eigenvalue weighted by Gasteiger charge is -2.20. The van der Waals surface area contributed by atoms with Crippen molar-refractivity contribution < 1.29 is 4.79 Å². The summed E-state index contributed by atoms with van der Waals surface area (Å²) in [5.74, 6) is 0.0903. The van der Waals surface area contributed by atoms with E-state index in [9.17, 15) is 4.79 Å². The number of carbonyl (C=O) groups is 1. The number of amides is 1. The molecule has 0 N–H and O–H groups in total. The number of hydrogen-bond acceptors (Lipinski definition) is 1. The number of nitrogens with zero attached hydrogens (tertiary/aromatic N) is 1. The molecular formula is C13H18BrNO. The molecule has 1 amide bonds. The Morgan fingerprint density at radius 1 is 1.44 bits per heavy atom. The fourth-order valence-electron chi connectivity index (χ4n) is 1.65. The molecule has 0 aliphatic carbocycles. The third-order valence-electron chi connectivity index (χ3n) is 2.71. The Hall–Kier alpha value is -0.830. The van der Waals surface area contributed by atoms with Gasteiger partial charge in [-0.15, -0.1) is 0 Å². The van der Waals surface area contributed by atoms with E-state index in [4.69, 9.17) is 0 Å². The van der Waals surface area contributed by atoms with Crippen LogP contribution in [0.15, 0.2) is 18.2 Å². The average molecular weight is 284 g/mol. The number of aryl methyl sites for hydroxylation is 1.